The molecule has 0 unspecified atom stereocenters. The van der Waals surface area contributed by atoms with Crippen LogP contribution in [-0.4, -0.2) is 42.8 Å². The molecule has 0 bridgehead atoms. The Morgan fingerprint density at radius 3 is 2.59 bits per heavy atom. The zero-order chi connectivity index (χ0) is 19.2. The van der Waals surface area contributed by atoms with Crippen LogP contribution in [0.2, 0.25) is 0 Å². The van der Waals surface area contributed by atoms with Gasteiger partial charge in [0.2, 0.25) is 5.91 Å². The zero-order valence-corrected chi connectivity index (χ0v) is 16.5. The van der Waals surface area contributed by atoms with Crippen LogP contribution in [0.1, 0.15) is 5.56 Å². The molecule has 0 saturated heterocycles. The molecule has 3 aromatic rings. The Labute approximate surface area is 163 Å². The highest BCUT2D eigenvalue weighted by molar-refractivity contribution is 7.99. The van der Waals surface area contributed by atoms with Gasteiger partial charge < -0.3 is 14.4 Å². The summed E-state index contributed by atoms with van der Waals surface area (Å²) in [6.45, 7) is 0.505. The number of rotatable bonds is 7. The fourth-order valence-corrected chi connectivity index (χ4v) is 3.53. The summed E-state index contributed by atoms with van der Waals surface area (Å²) in [4.78, 5) is 18.8. The third-order valence-electron chi connectivity index (χ3n) is 4.21. The minimum atomic E-state index is 0.0461. The highest BCUT2D eigenvalue weighted by Gasteiger charge is 2.12. The zero-order valence-electron chi connectivity index (χ0n) is 15.6. The second kappa shape index (κ2) is 8.77. The summed E-state index contributed by atoms with van der Waals surface area (Å²) in [5, 5.41) is 1.94. The number of carbonyl (C=O) groups is 1. The van der Waals surface area contributed by atoms with E-state index >= 15 is 0 Å². The molecule has 2 aromatic carbocycles. The summed E-state index contributed by atoms with van der Waals surface area (Å²) in [6.07, 6.45) is 0. The van der Waals surface area contributed by atoms with Crippen molar-refractivity contribution in [1.29, 1.82) is 0 Å². The Bertz CT molecular complexity index is 946. The number of aromatic nitrogens is 1. The summed E-state index contributed by atoms with van der Waals surface area (Å²) < 4.78 is 10.6. The van der Waals surface area contributed by atoms with Gasteiger partial charge in [-0.2, -0.15) is 0 Å². The first-order chi connectivity index (χ1) is 13.1. The van der Waals surface area contributed by atoms with E-state index < -0.39 is 0 Å². The van der Waals surface area contributed by atoms with E-state index in [2.05, 4.69) is 4.98 Å². The molecule has 0 aliphatic heterocycles. The average molecular weight is 382 g/mol. The maximum Gasteiger partial charge on any atom is 0.233 e. The van der Waals surface area contributed by atoms with Crippen LogP contribution in [0.3, 0.4) is 0 Å². The van der Waals surface area contributed by atoms with Crippen LogP contribution in [-0.2, 0) is 11.3 Å². The maximum atomic E-state index is 12.5. The molecule has 140 valence electrons. The van der Waals surface area contributed by atoms with Crippen molar-refractivity contribution < 1.29 is 14.3 Å². The van der Waals surface area contributed by atoms with Crippen LogP contribution < -0.4 is 9.47 Å². The predicted octanol–water partition coefficient (Wildman–Crippen LogP) is 4.00. The Hall–Kier alpha value is -2.73. The van der Waals surface area contributed by atoms with Crippen molar-refractivity contribution in [2.75, 3.05) is 27.0 Å². The Morgan fingerprint density at radius 2 is 1.81 bits per heavy atom. The number of hydrogen-bond donors (Lipinski definition) is 0. The number of thioether (sulfide) groups is 1. The molecular formula is C21H22N2O3S. The predicted molar refractivity (Wildman–Crippen MR) is 108 cm³/mol. The van der Waals surface area contributed by atoms with Gasteiger partial charge in [0.25, 0.3) is 0 Å². The molecule has 1 heterocycles. The van der Waals surface area contributed by atoms with E-state index in [0.717, 1.165) is 21.5 Å². The SMILES string of the molecule is COc1ccc(CN(C)C(=O)CSc2ccc3ccccc3n2)cc1OC. The van der Waals surface area contributed by atoms with Crippen molar-refractivity contribution >= 4 is 28.6 Å². The van der Waals surface area contributed by atoms with Gasteiger partial charge in [-0.3, -0.25) is 4.79 Å². The number of hydrogen-bond acceptors (Lipinski definition) is 5. The second-order valence-corrected chi connectivity index (χ2v) is 7.07. The lowest BCUT2D eigenvalue weighted by molar-refractivity contribution is -0.127. The van der Waals surface area contributed by atoms with E-state index in [4.69, 9.17) is 9.47 Å². The molecule has 6 heteroatoms. The Morgan fingerprint density at radius 1 is 1.04 bits per heavy atom. The summed E-state index contributed by atoms with van der Waals surface area (Å²) in [7, 11) is 5.00. The molecule has 0 N–H and O–H groups in total. The molecule has 3 rings (SSSR count). The largest absolute Gasteiger partial charge is 0.493 e. The number of benzene rings is 2. The van der Waals surface area contributed by atoms with Crippen LogP contribution in [0.5, 0.6) is 11.5 Å². The molecule has 0 atom stereocenters. The topological polar surface area (TPSA) is 51.7 Å². The van der Waals surface area contributed by atoms with Gasteiger partial charge in [-0.05, 0) is 29.8 Å². The molecule has 0 aliphatic carbocycles. The number of ether oxygens (including phenoxy) is 2. The Balaban J connectivity index is 1.60. The van der Waals surface area contributed by atoms with Gasteiger partial charge in [0.05, 0.1) is 30.5 Å². The van der Waals surface area contributed by atoms with Gasteiger partial charge in [0.15, 0.2) is 11.5 Å². The fraction of sp³-hybridized carbons (Fsp3) is 0.238. The minimum absolute atomic E-state index is 0.0461. The number of methoxy groups -OCH3 is 2. The van der Waals surface area contributed by atoms with Crippen LogP contribution in [0, 0.1) is 0 Å². The first-order valence-electron chi connectivity index (χ1n) is 8.54. The van der Waals surface area contributed by atoms with Crippen molar-refractivity contribution in [3.05, 3.63) is 60.2 Å². The first kappa shape index (κ1) is 19.0. The molecule has 5 nitrogen and oxygen atoms in total. The van der Waals surface area contributed by atoms with Crippen molar-refractivity contribution in [3.8, 4) is 11.5 Å². The van der Waals surface area contributed by atoms with Gasteiger partial charge in [0, 0.05) is 19.0 Å². The fourth-order valence-electron chi connectivity index (χ4n) is 2.71. The minimum Gasteiger partial charge on any atom is -0.493 e. The van der Waals surface area contributed by atoms with E-state index in [1.165, 1.54) is 11.8 Å². The normalized spacial score (nSPS) is 10.6. The molecule has 0 fully saturated rings. The molecule has 1 amide bonds. The summed E-state index contributed by atoms with van der Waals surface area (Å²) in [5.74, 6) is 1.72. The van der Waals surface area contributed by atoms with E-state index in [9.17, 15) is 4.79 Å². The quantitative estimate of drug-likeness (QED) is 0.578. The van der Waals surface area contributed by atoms with Crippen molar-refractivity contribution in [2.45, 2.75) is 11.6 Å². The van der Waals surface area contributed by atoms with Gasteiger partial charge in [-0.15, -0.1) is 0 Å². The van der Waals surface area contributed by atoms with E-state index in [1.54, 1.807) is 26.2 Å². The lowest BCUT2D eigenvalue weighted by Crippen LogP contribution is -2.27. The van der Waals surface area contributed by atoms with Gasteiger partial charge in [0.1, 0.15) is 0 Å². The monoisotopic (exact) mass is 382 g/mol. The lowest BCUT2D eigenvalue weighted by Gasteiger charge is -2.18. The number of amides is 1. The maximum absolute atomic E-state index is 12.5. The number of fused-ring (bicyclic) bond motifs is 1. The molecule has 0 saturated carbocycles. The van der Waals surface area contributed by atoms with Crippen LogP contribution >= 0.6 is 11.8 Å². The van der Waals surface area contributed by atoms with Crippen molar-refractivity contribution in [1.82, 2.24) is 9.88 Å². The third kappa shape index (κ3) is 4.71. The molecule has 27 heavy (non-hydrogen) atoms. The van der Waals surface area contributed by atoms with Gasteiger partial charge in [-0.25, -0.2) is 4.98 Å². The molecule has 0 spiro atoms. The molecule has 0 radical (unpaired) electrons. The number of nitrogens with zero attached hydrogens (tertiary/aromatic N) is 2. The number of carbonyl (C=O) groups excluding carboxylic acids is 1. The number of para-hydroxylation sites is 1. The van der Waals surface area contributed by atoms with E-state index in [-0.39, 0.29) is 5.91 Å². The van der Waals surface area contributed by atoms with Gasteiger partial charge in [-0.1, -0.05) is 42.1 Å². The second-order valence-electron chi connectivity index (χ2n) is 6.07. The summed E-state index contributed by atoms with van der Waals surface area (Å²) >= 11 is 1.45. The molecule has 1 aromatic heterocycles. The highest BCUT2D eigenvalue weighted by atomic mass is 32.2. The van der Waals surface area contributed by atoms with E-state index in [1.807, 2.05) is 54.6 Å². The van der Waals surface area contributed by atoms with Gasteiger partial charge >= 0.3 is 0 Å². The summed E-state index contributed by atoms with van der Waals surface area (Å²) in [5.41, 5.74) is 1.92. The van der Waals surface area contributed by atoms with E-state index in [0.29, 0.717) is 23.8 Å². The lowest BCUT2D eigenvalue weighted by atomic mass is 10.2. The third-order valence-corrected chi connectivity index (χ3v) is 5.12. The summed E-state index contributed by atoms with van der Waals surface area (Å²) in [6, 6.07) is 17.6. The molecular weight excluding hydrogens is 360 g/mol. The average Bonchev–Trinajstić information content (AvgIpc) is 2.71. The van der Waals surface area contributed by atoms with Crippen molar-refractivity contribution in [2.24, 2.45) is 0 Å². The highest BCUT2D eigenvalue weighted by Crippen LogP contribution is 2.28. The molecule has 0 aliphatic rings. The van der Waals surface area contributed by atoms with Crippen LogP contribution in [0.15, 0.2) is 59.6 Å². The van der Waals surface area contributed by atoms with Crippen LogP contribution in [0.25, 0.3) is 10.9 Å². The first-order valence-corrected chi connectivity index (χ1v) is 9.52. The standard InChI is InChI=1S/C21H22N2O3S/c1-23(13-15-8-10-18(25-2)19(12-15)26-3)21(24)14-27-20-11-9-16-6-4-5-7-17(16)22-20/h4-12H,13-14H2,1-3H3. The van der Waals surface area contributed by atoms with Crippen LogP contribution in [0.4, 0.5) is 0 Å². The number of pyridine rings is 1. The van der Waals surface area contributed by atoms with Crippen molar-refractivity contribution in [3.63, 3.8) is 0 Å². The Kier molecular flexibility index (Phi) is 6.19. The smallest absolute Gasteiger partial charge is 0.233 e.